The number of carbonyl (C=O) groups is 1. The Morgan fingerprint density at radius 1 is 1.27 bits per heavy atom. The van der Waals surface area contributed by atoms with Gasteiger partial charge in [0.2, 0.25) is 0 Å². The molecule has 1 aliphatic rings. The number of ether oxygens (including phenoxy) is 2. The van der Waals surface area contributed by atoms with Gasteiger partial charge in [0.05, 0.1) is 7.11 Å². The van der Waals surface area contributed by atoms with Crippen LogP contribution < -0.4 is 4.74 Å². The van der Waals surface area contributed by atoms with Crippen LogP contribution in [0.25, 0.3) is 16.8 Å². The van der Waals surface area contributed by atoms with Gasteiger partial charge in [-0.3, -0.25) is 0 Å². The zero-order valence-corrected chi connectivity index (χ0v) is 13.1. The number of aryl methyl sites for hydroxylation is 1. The minimum atomic E-state index is -0.579. The highest BCUT2D eigenvalue weighted by atomic mass is 16.5. The Kier molecular flexibility index (Phi) is 3.13. The summed E-state index contributed by atoms with van der Waals surface area (Å²) < 4.78 is 10.9. The zero-order valence-electron chi connectivity index (χ0n) is 13.1. The van der Waals surface area contributed by atoms with Gasteiger partial charge in [0.1, 0.15) is 22.7 Å². The minimum absolute atomic E-state index is 0.0720. The summed E-state index contributed by atoms with van der Waals surface area (Å²) in [6, 6.07) is 5.69. The number of carbonyl (C=O) groups excluding carboxylic acids is 1. The number of hydrogen-bond acceptors (Lipinski definition) is 4. The van der Waals surface area contributed by atoms with Crippen LogP contribution in [0, 0.1) is 6.92 Å². The molecule has 2 aromatic rings. The van der Waals surface area contributed by atoms with Gasteiger partial charge in [0, 0.05) is 16.3 Å². The monoisotopic (exact) mass is 298 g/mol. The molecule has 1 aliphatic heterocycles. The smallest absolute Gasteiger partial charge is 0.342 e. The number of phenolic OH excluding ortho intramolecular Hbond substituents is 1. The second kappa shape index (κ2) is 4.77. The lowest BCUT2D eigenvalue weighted by Gasteiger charge is -2.30. The molecule has 0 aliphatic carbocycles. The molecule has 0 bridgehead atoms. The number of rotatable bonds is 1. The fourth-order valence-electron chi connectivity index (χ4n) is 2.73. The highest BCUT2D eigenvalue weighted by Gasteiger charge is 2.30. The SMILES string of the molecule is COC(=O)c1c2c(c3ccc(C)cc3c1O)OC(C)(C)C=C2. The molecule has 0 spiro atoms. The maximum absolute atomic E-state index is 12.1. The van der Waals surface area contributed by atoms with E-state index in [1.165, 1.54) is 7.11 Å². The highest BCUT2D eigenvalue weighted by Crippen LogP contribution is 2.45. The van der Waals surface area contributed by atoms with E-state index in [0.29, 0.717) is 16.7 Å². The molecule has 4 nitrogen and oxygen atoms in total. The van der Waals surface area contributed by atoms with E-state index in [-0.39, 0.29) is 11.3 Å². The number of phenols is 1. The summed E-state index contributed by atoms with van der Waals surface area (Å²) in [4.78, 5) is 12.1. The third-order valence-corrected chi connectivity index (χ3v) is 3.83. The first kappa shape index (κ1) is 14.4. The minimum Gasteiger partial charge on any atom is -0.506 e. The van der Waals surface area contributed by atoms with Gasteiger partial charge in [-0.1, -0.05) is 23.8 Å². The van der Waals surface area contributed by atoms with Crippen LogP contribution in [-0.2, 0) is 4.74 Å². The number of aromatic hydroxyl groups is 1. The summed E-state index contributed by atoms with van der Waals surface area (Å²) >= 11 is 0. The van der Waals surface area contributed by atoms with Crippen LogP contribution in [-0.4, -0.2) is 23.8 Å². The van der Waals surface area contributed by atoms with Crippen molar-refractivity contribution in [1.82, 2.24) is 0 Å². The summed E-state index contributed by atoms with van der Waals surface area (Å²) in [5, 5.41) is 11.9. The summed E-state index contributed by atoms with van der Waals surface area (Å²) in [6.45, 7) is 5.81. The molecule has 0 amide bonds. The Morgan fingerprint density at radius 3 is 2.68 bits per heavy atom. The fraction of sp³-hybridized carbons (Fsp3) is 0.278. The van der Waals surface area contributed by atoms with E-state index < -0.39 is 11.6 Å². The van der Waals surface area contributed by atoms with E-state index >= 15 is 0 Å². The average Bonchev–Trinajstić information content (AvgIpc) is 2.47. The third kappa shape index (κ3) is 2.11. The molecule has 0 radical (unpaired) electrons. The lowest BCUT2D eigenvalue weighted by Crippen LogP contribution is -2.28. The maximum Gasteiger partial charge on any atom is 0.342 e. The van der Waals surface area contributed by atoms with Crippen molar-refractivity contribution in [1.29, 1.82) is 0 Å². The normalized spacial score (nSPS) is 15.3. The van der Waals surface area contributed by atoms with Gasteiger partial charge in [0.25, 0.3) is 0 Å². The lowest BCUT2D eigenvalue weighted by molar-refractivity contribution is 0.0595. The Bertz CT molecular complexity index is 816. The van der Waals surface area contributed by atoms with E-state index in [0.717, 1.165) is 10.9 Å². The molecule has 0 saturated heterocycles. The molecule has 22 heavy (non-hydrogen) atoms. The largest absolute Gasteiger partial charge is 0.506 e. The maximum atomic E-state index is 12.1. The van der Waals surface area contributed by atoms with Gasteiger partial charge in [-0.2, -0.15) is 0 Å². The molecule has 0 unspecified atom stereocenters. The molecule has 1 heterocycles. The molecule has 114 valence electrons. The van der Waals surface area contributed by atoms with Gasteiger partial charge in [0.15, 0.2) is 0 Å². The molecular weight excluding hydrogens is 280 g/mol. The fourth-order valence-corrected chi connectivity index (χ4v) is 2.73. The van der Waals surface area contributed by atoms with E-state index in [1.54, 1.807) is 0 Å². The van der Waals surface area contributed by atoms with Crippen LogP contribution in [0.1, 0.15) is 35.3 Å². The van der Waals surface area contributed by atoms with Crippen molar-refractivity contribution >= 4 is 22.8 Å². The molecule has 0 atom stereocenters. The van der Waals surface area contributed by atoms with Crippen molar-refractivity contribution in [2.24, 2.45) is 0 Å². The first-order chi connectivity index (χ1) is 10.3. The molecule has 2 aromatic carbocycles. The molecule has 0 aromatic heterocycles. The Hall–Kier alpha value is -2.49. The molecule has 0 fully saturated rings. The number of esters is 1. The summed E-state index contributed by atoms with van der Waals surface area (Å²) in [5.74, 6) is -0.0527. The van der Waals surface area contributed by atoms with E-state index in [1.807, 2.05) is 51.1 Å². The van der Waals surface area contributed by atoms with E-state index in [4.69, 9.17) is 9.47 Å². The van der Waals surface area contributed by atoms with E-state index in [2.05, 4.69) is 0 Å². The number of methoxy groups -OCH3 is 1. The first-order valence-electron chi connectivity index (χ1n) is 7.10. The Labute approximate surface area is 129 Å². The van der Waals surface area contributed by atoms with Crippen LogP contribution >= 0.6 is 0 Å². The van der Waals surface area contributed by atoms with Gasteiger partial charge in [-0.05, 0) is 32.9 Å². The summed E-state index contributed by atoms with van der Waals surface area (Å²) in [6.07, 6.45) is 3.67. The van der Waals surface area contributed by atoms with Gasteiger partial charge < -0.3 is 14.6 Å². The summed E-state index contributed by atoms with van der Waals surface area (Å²) in [5.41, 5.74) is 1.21. The standard InChI is InChI=1S/C18H18O4/c1-10-5-6-11-13(9-10)15(19)14(17(20)21-4)12-7-8-18(2,3)22-16(11)12/h5-9,19H,1-4H3. The predicted molar refractivity (Wildman–Crippen MR) is 85.4 cm³/mol. The molecule has 0 saturated carbocycles. The molecule has 4 heteroatoms. The second-order valence-corrected chi connectivity index (χ2v) is 6.05. The number of hydrogen-bond donors (Lipinski definition) is 1. The topological polar surface area (TPSA) is 55.8 Å². The molecule has 1 N–H and O–H groups in total. The van der Waals surface area contributed by atoms with Gasteiger partial charge in [-0.25, -0.2) is 4.79 Å². The zero-order chi connectivity index (χ0) is 16.1. The lowest BCUT2D eigenvalue weighted by atomic mass is 9.92. The molecular formula is C18H18O4. The van der Waals surface area contributed by atoms with Crippen molar-refractivity contribution in [2.75, 3.05) is 7.11 Å². The Morgan fingerprint density at radius 2 is 2.00 bits per heavy atom. The van der Waals surface area contributed by atoms with Crippen molar-refractivity contribution < 1.29 is 19.4 Å². The Balaban J connectivity index is 2.45. The summed E-state index contributed by atoms with van der Waals surface area (Å²) in [7, 11) is 1.30. The van der Waals surface area contributed by atoms with Crippen LogP contribution in [0.2, 0.25) is 0 Å². The van der Waals surface area contributed by atoms with Crippen molar-refractivity contribution in [3.63, 3.8) is 0 Å². The van der Waals surface area contributed by atoms with Crippen molar-refractivity contribution in [3.05, 3.63) is 41.0 Å². The predicted octanol–water partition coefficient (Wildman–Crippen LogP) is 3.82. The van der Waals surface area contributed by atoms with Crippen molar-refractivity contribution in [2.45, 2.75) is 26.4 Å². The first-order valence-corrected chi connectivity index (χ1v) is 7.10. The van der Waals surface area contributed by atoms with Crippen LogP contribution in [0.5, 0.6) is 11.5 Å². The number of benzene rings is 2. The quantitative estimate of drug-likeness (QED) is 0.813. The van der Waals surface area contributed by atoms with Crippen LogP contribution in [0.15, 0.2) is 24.3 Å². The van der Waals surface area contributed by atoms with Gasteiger partial charge in [-0.15, -0.1) is 0 Å². The highest BCUT2D eigenvalue weighted by molar-refractivity contribution is 6.08. The van der Waals surface area contributed by atoms with Crippen LogP contribution in [0.3, 0.4) is 0 Å². The van der Waals surface area contributed by atoms with Crippen molar-refractivity contribution in [3.8, 4) is 11.5 Å². The van der Waals surface area contributed by atoms with E-state index in [9.17, 15) is 9.90 Å². The average molecular weight is 298 g/mol. The van der Waals surface area contributed by atoms with Gasteiger partial charge >= 0.3 is 5.97 Å². The van der Waals surface area contributed by atoms with Crippen LogP contribution in [0.4, 0.5) is 0 Å². The third-order valence-electron chi connectivity index (χ3n) is 3.83. The molecule has 3 rings (SSSR count). The number of fused-ring (bicyclic) bond motifs is 3. The second-order valence-electron chi connectivity index (χ2n) is 6.05.